The molecule has 0 saturated carbocycles. The van der Waals surface area contributed by atoms with Gasteiger partial charge in [0.1, 0.15) is 0 Å². The fourth-order valence-corrected chi connectivity index (χ4v) is 3.23. The van der Waals surface area contributed by atoms with Crippen molar-refractivity contribution >= 4 is 28.3 Å². The van der Waals surface area contributed by atoms with Crippen molar-refractivity contribution in [3.8, 4) is 0 Å². The molecular weight excluding hydrogens is 335 g/mol. The van der Waals surface area contributed by atoms with E-state index in [4.69, 9.17) is 0 Å². The number of halogens is 1. The molecule has 0 aromatic heterocycles. The first kappa shape index (κ1) is 14.1. The Hall–Kier alpha value is -0.290. The molecule has 2 rings (SSSR count). The molecule has 2 nitrogen and oxygen atoms in total. The fraction of sp³-hybridized carbons (Fsp3) is 0.600. The molecule has 1 heterocycles. The third-order valence-electron chi connectivity index (χ3n) is 3.57. The molecule has 0 aliphatic carbocycles. The fourth-order valence-electron chi connectivity index (χ4n) is 2.74. The molecule has 1 saturated heterocycles. The van der Waals surface area contributed by atoms with Gasteiger partial charge in [-0.25, -0.2) is 0 Å². The smallest absolute Gasteiger partial charge is 0.0407 e. The SMILES string of the molecule is Cc1c(I)cccc1N1CCCC(NC(C)C)C1. The van der Waals surface area contributed by atoms with Gasteiger partial charge >= 0.3 is 0 Å². The van der Waals surface area contributed by atoms with Crippen LogP contribution in [0.3, 0.4) is 0 Å². The maximum Gasteiger partial charge on any atom is 0.0407 e. The van der Waals surface area contributed by atoms with E-state index in [0.717, 1.165) is 6.54 Å². The normalized spacial score (nSPS) is 20.5. The highest BCUT2D eigenvalue weighted by Crippen LogP contribution is 2.27. The van der Waals surface area contributed by atoms with Gasteiger partial charge in [-0.2, -0.15) is 0 Å². The number of nitrogens with one attached hydrogen (secondary N) is 1. The van der Waals surface area contributed by atoms with Crippen molar-refractivity contribution in [2.24, 2.45) is 0 Å². The third kappa shape index (κ3) is 3.38. The first-order valence-corrected chi connectivity index (χ1v) is 7.92. The van der Waals surface area contributed by atoms with Gasteiger partial charge in [-0.15, -0.1) is 0 Å². The van der Waals surface area contributed by atoms with Crippen molar-refractivity contribution < 1.29 is 0 Å². The Balaban J connectivity index is 2.11. The van der Waals surface area contributed by atoms with E-state index in [0.29, 0.717) is 12.1 Å². The Morgan fingerprint density at radius 2 is 2.17 bits per heavy atom. The zero-order valence-electron chi connectivity index (χ0n) is 11.5. The molecule has 3 heteroatoms. The number of nitrogens with zero attached hydrogens (tertiary/aromatic N) is 1. The summed E-state index contributed by atoms with van der Waals surface area (Å²) in [5.74, 6) is 0. The van der Waals surface area contributed by atoms with E-state index >= 15 is 0 Å². The summed E-state index contributed by atoms with van der Waals surface area (Å²) in [5.41, 5.74) is 2.83. The topological polar surface area (TPSA) is 15.3 Å². The lowest BCUT2D eigenvalue weighted by molar-refractivity contribution is 0.394. The van der Waals surface area contributed by atoms with Crippen molar-refractivity contribution in [2.45, 2.75) is 45.7 Å². The van der Waals surface area contributed by atoms with Crippen LogP contribution in [0.2, 0.25) is 0 Å². The highest BCUT2D eigenvalue weighted by Gasteiger charge is 2.21. The zero-order valence-corrected chi connectivity index (χ0v) is 13.7. The number of hydrogen-bond acceptors (Lipinski definition) is 2. The van der Waals surface area contributed by atoms with Crippen LogP contribution in [0.25, 0.3) is 0 Å². The molecule has 0 radical (unpaired) electrons. The number of piperidine rings is 1. The first-order chi connectivity index (χ1) is 8.58. The van der Waals surface area contributed by atoms with Crippen LogP contribution in [0, 0.1) is 10.5 Å². The maximum absolute atomic E-state index is 3.67. The summed E-state index contributed by atoms with van der Waals surface area (Å²) in [7, 11) is 0. The molecule has 0 bridgehead atoms. The second kappa shape index (κ2) is 6.24. The van der Waals surface area contributed by atoms with Gasteiger partial charge < -0.3 is 10.2 Å². The van der Waals surface area contributed by atoms with Crippen LogP contribution in [0.5, 0.6) is 0 Å². The van der Waals surface area contributed by atoms with Crippen molar-refractivity contribution in [3.05, 3.63) is 27.3 Å². The molecule has 100 valence electrons. The molecule has 1 N–H and O–H groups in total. The van der Waals surface area contributed by atoms with E-state index in [1.807, 2.05) is 0 Å². The van der Waals surface area contributed by atoms with Gasteiger partial charge in [-0.1, -0.05) is 19.9 Å². The standard InChI is InChI=1S/C15H23IN2/c1-11(2)17-13-6-5-9-18(10-13)15-8-4-7-14(16)12(15)3/h4,7-8,11,13,17H,5-6,9-10H2,1-3H3. The number of anilines is 1. The second-order valence-electron chi connectivity index (χ2n) is 5.49. The Morgan fingerprint density at radius 3 is 2.89 bits per heavy atom. The largest absolute Gasteiger partial charge is 0.370 e. The number of benzene rings is 1. The molecular formula is C15H23IN2. The quantitative estimate of drug-likeness (QED) is 0.832. The monoisotopic (exact) mass is 358 g/mol. The molecule has 0 spiro atoms. The predicted octanol–water partition coefficient (Wildman–Crippen LogP) is 3.57. The van der Waals surface area contributed by atoms with Gasteiger partial charge in [0.2, 0.25) is 0 Å². The summed E-state index contributed by atoms with van der Waals surface area (Å²) in [6, 6.07) is 7.83. The minimum atomic E-state index is 0.576. The van der Waals surface area contributed by atoms with E-state index < -0.39 is 0 Å². The predicted molar refractivity (Wildman–Crippen MR) is 87.4 cm³/mol. The Morgan fingerprint density at radius 1 is 1.39 bits per heavy atom. The molecule has 1 atom stereocenters. The third-order valence-corrected chi connectivity index (χ3v) is 4.74. The molecule has 1 unspecified atom stereocenters. The van der Waals surface area contributed by atoms with Gasteiger partial charge in [0.05, 0.1) is 0 Å². The van der Waals surface area contributed by atoms with Crippen molar-refractivity contribution in [1.29, 1.82) is 0 Å². The minimum absolute atomic E-state index is 0.576. The van der Waals surface area contributed by atoms with Gasteiger partial charge in [0.15, 0.2) is 0 Å². The van der Waals surface area contributed by atoms with Crippen molar-refractivity contribution in [1.82, 2.24) is 5.32 Å². The van der Waals surface area contributed by atoms with Gasteiger partial charge in [0.25, 0.3) is 0 Å². The van der Waals surface area contributed by atoms with Gasteiger partial charge in [-0.3, -0.25) is 0 Å². The Bertz CT molecular complexity index is 403. The zero-order chi connectivity index (χ0) is 13.1. The van der Waals surface area contributed by atoms with E-state index in [1.54, 1.807) is 0 Å². The van der Waals surface area contributed by atoms with Crippen LogP contribution in [0.15, 0.2) is 18.2 Å². The van der Waals surface area contributed by atoms with Crippen molar-refractivity contribution in [2.75, 3.05) is 18.0 Å². The summed E-state index contributed by atoms with van der Waals surface area (Å²) in [5, 5.41) is 3.67. The molecule has 1 aliphatic heterocycles. The van der Waals surface area contributed by atoms with Crippen LogP contribution in [-0.4, -0.2) is 25.2 Å². The van der Waals surface area contributed by atoms with Crippen LogP contribution in [0.1, 0.15) is 32.3 Å². The highest BCUT2D eigenvalue weighted by molar-refractivity contribution is 14.1. The highest BCUT2D eigenvalue weighted by atomic mass is 127. The molecule has 18 heavy (non-hydrogen) atoms. The van der Waals surface area contributed by atoms with E-state index in [9.17, 15) is 0 Å². The average Bonchev–Trinajstić information content (AvgIpc) is 2.32. The molecule has 1 aromatic carbocycles. The van der Waals surface area contributed by atoms with Crippen LogP contribution < -0.4 is 10.2 Å². The van der Waals surface area contributed by atoms with Crippen LogP contribution in [0.4, 0.5) is 5.69 Å². The van der Waals surface area contributed by atoms with Crippen LogP contribution >= 0.6 is 22.6 Å². The molecule has 0 amide bonds. The van der Waals surface area contributed by atoms with E-state index in [-0.39, 0.29) is 0 Å². The minimum Gasteiger partial charge on any atom is -0.370 e. The maximum atomic E-state index is 3.67. The number of hydrogen-bond donors (Lipinski definition) is 1. The molecule has 1 aliphatic rings. The second-order valence-corrected chi connectivity index (χ2v) is 6.65. The lowest BCUT2D eigenvalue weighted by atomic mass is 10.0. The van der Waals surface area contributed by atoms with Crippen LogP contribution in [-0.2, 0) is 0 Å². The lowest BCUT2D eigenvalue weighted by Gasteiger charge is -2.36. The first-order valence-electron chi connectivity index (χ1n) is 6.84. The van der Waals surface area contributed by atoms with Gasteiger partial charge in [-0.05, 0) is 60.1 Å². The Kier molecular flexibility index (Phi) is 4.90. The Labute approximate surface area is 124 Å². The van der Waals surface area contributed by atoms with E-state index in [2.05, 4.69) is 71.8 Å². The summed E-state index contributed by atoms with van der Waals surface area (Å²) in [6.45, 7) is 9.03. The number of rotatable bonds is 3. The molecule has 1 fully saturated rings. The lowest BCUT2D eigenvalue weighted by Crippen LogP contribution is -2.48. The summed E-state index contributed by atoms with van der Waals surface area (Å²) in [4.78, 5) is 2.54. The summed E-state index contributed by atoms with van der Waals surface area (Å²) >= 11 is 2.43. The molecule has 1 aromatic rings. The van der Waals surface area contributed by atoms with E-state index in [1.165, 1.54) is 34.2 Å². The van der Waals surface area contributed by atoms with Gasteiger partial charge in [0, 0.05) is 34.4 Å². The van der Waals surface area contributed by atoms with Crippen molar-refractivity contribution in [3.63, 3.8) is 0 Å². The summed E-state index contributed by atoms with van der Waals surface area (Å²) in [6.07, 6.45) is 2.59. The summed E-state index contributed by atoms with van der Waals surface area (Å²) < 4.78 is 1.36. The average molecular weight is 358 g/mol.